The minimum Gasteiger partial charge on any atom is -0.385 e. The molecule has 0 radical (unpaired) electrons. The van der Waals surface area contributed by atoms with E-state index in [2.05, 4.69) is 10.4 Å². The van der Waals surface area contributed by atoms with Crippen LogP contribution in [0.5, 0.6) is 0 Å². The standard InChI is InChI=1S/C22H20F4N4O4/c1-34-11-5-10-27-19(31)18-20(32)29(13-14-6-2-3-9-17(14)23)21(33)30(28-18)16-8-4-7-15(12-16)22(24,25)26/h2-4,6-9,12H,5,10-11,13H2,1H3,(H,27,31). The lowest BCUT2D eigenvalue weighted by atomic mass is 10.2. The second kappa shape index (κ2) is 10.4. The largest absolute Gasteiger partial charge is 0.416 e. The van der Waals surface area contributed by atoms with E-state index in [1.807, 2.05) is 0 Å². The lowest BCUT2D eigenvalue weighted by molar-refractivity contribution is -0.137. The van der Waals surface area contributed by atoms with Crippen LogP contribution in [0.2, 0.25) is 0 Å². The van der Waals surface area contributed by atoms with E-state index in [0.717, 1.165) is 18.2 Å². The van der Waals surface area contributed by atoms with Crippen LogP contribution in [0, 0.1) is 5.82 Å². The smallest absolute Gasteiger partial charge is 0.385 e. The maximum absolute atomic E-state index is 14.2. The monoisotopic (exact) mass is 480 g/mol. The number of hydrogen-bond donors (Lipinski definition) is 1. The summed E-state index contributed by atoms with van der Waals surface area (Å²) in [4.78, 5) is 38.6. The molecule has 0 fully saturated rings. The fourth-order valence-corrected chi connectivity index (χ4v) is 3.08. The van der Waals surface area contributed by atoms with Gasteiger partial charge in [-0.2, -0.15) is 23.0 Å². The van der Waals surface area contributed by atoms with Crippen LogP contribution in [0.4, 0.5) is 17.6 Å². The third kappa shape index (κ3) is 5.57. The second-order valence-electron chi connectivity index (χ2n) is 7.18. The van der Waals surface area contributed by atoms with Gasteiger partial charge in [-0.25, -0.2) is 9.18 Å². The highest BCUT2D eigenvalue weighted by Crippen LogP contribution is 2.29. The van der Waals surface area contributed by atoms with Crippen molar-refractivity contribution in [3.05, 3.63) is 92.0 Å². The van der Waals surface area contributed by atoms with Gasteiger partial charge in [0, 0.05) is 25.8 Å². The average Bonchev–Trinajstić information content (AvgIpc) is 2.80. The van der Waals surface area contributed by atoms with Crippen LogP contribution in [0.3, 0.4) is 0 Å². The number of carbonyl (C=O) groups is 1. The fourth-order valence-electron chi connectivity index (χ4n) is 3.08. The molecule has 0 saturated carbocycles. The Kier molecular flexibility index (Phi) is 7.61. The Labute approximate surface area is 190 Å². The zero-order valence-electron chi connectivity index (χ0n) is 17.9. The van der Waals surface area contributed by atoms with Gasteiger partial charge in [0.15, 0.2) is 0 Å². The molecule has 0 saturated heterocycles. The number of amides is 1. The summed E-state index contributed by atoms with van der Waals surface area (Å²) in [6.07, 6.45) is -4.29. The fraction of sp³-hybridized carbons (Fsp3) is 0.273. The molecule has 1 aromatic heterocycles. The topological polar surface area (TPSA) is 95.2 Å². The maximum atomic E-state index is 14.2. The summed E-state index contributed by atoms with van der Waals surface area (Å²) in [5.74, 6) is -1.65. The molecule has 2 aromatic carbocycles. The van der Waals surface area contributed by atoms with Gasteiger partial charge >= 0.3 is 11.9 Å². The molecule has 1 amide bonds. The number of methoxy groups -OCH3 is 1. The lowest BCUT2D eigenvalue weighted by Crippen LogP contribution is -2.46. The molecular weight excluding hydrogens is 460 g/mol. The van der Waals surface area contributed by atoms with Crippen LogP contribution in [-0.2, 0) is 17.5 Å². The molecule has 34 heavy (non-hydrogen) atoms. The molecule has 1 heterocycles. The number of ether oxygens (including phenoxy) is 1. The first-order valence-corrected chi connectivity index (χ1v) is 10.1. The van der Waals surface area contributed by atoms with E-state index in [9.17, 15) is 31.9 Å². The highest BCUT2D eigenvalue weighted by atomic mass is 19.4. The minimum atomic E-state index is -4.71. The van der Waals surface area contributed by atoms with Crippen LogP contribution < -0.4 is 16.6 Å². The van der Waals surface area contributed by atoms with Crippen LogP contribution in [0.15, 0.2) is 58.1 Å². The summed E-state index contributed by atoms with van der Waals surface area (Å²) >= 11 is 0. The third-order valence-corrected chi connectivity index (χ3v) is 4.79. The molecule has 180 valence electrons. The summed E-state index contributed by atoms with van der Waals surface area (Å²) in [5, 5.41) is 6.20. The first kappa shape index (κ1) is 24.8. The Morgan fingerprint density at radius 1 is 1.12 bits per heavy atom. The third-order valence-electron chi connectivity index (χ3n) is 4.79. The molecule has 3 rings (SSSR count). The van der Waals surface area contributed by atoms with Gasteiger partial charge in [-0.05, 0) is 30.7 Å². The second-order valence-corrected chi connectivity index (χ2v) is 7.18. The molecular formula is C22H20F4N4O4. The first-order valence-electron chi connectivity index (χ1n) is 10.1. The number of halogens is 4. The van der Waals surface area contributed by atoms with Crippen molar-refractivity contribution in [2.45, 2.75) is 19.1 Å². The number of hydrogen-bond acceptors (Lipinski definition) is 5. The van der Waals surface area contributed by atoms with Crippen LogP contribution in [0.1, 0.15) is 28.0 Å². The Morgan fingerprint density at radius 3 is 2.53 bits per heavy atom. The molecule has 1 N–H and O–H groups in total. The van der Waals surface area contributed by atoms with Gasteiger partial charge < -0.3 is 10.1 Å². The summed E-state index contributed by atoms with van der Waals surface area (Å²) in [6, 6.07) is 9.04. The molecule has 8 nitrogen and oxygen atoms in total. The Bertz CT molecular complexity index is 1300. The van der Waals surface area contributed by atoms with Crippen molar-refractivity contribution in [1.82, 2.24) is 19.7 Å². The Balaban J connectivity index is 2.15. The van der Waals surface area contributed by atoms with Crippen molar-refractivity contribution in [3.63, 3.8) is 0 Å². The lowest BCUT2D eigenvalue weighted by Gasteiger charge is -2.14. The van der Waals surface area contributed by atoms with Crippen molar-refractivity contribution in [3.8, 4) is 5.69 Å². The van der Waals surface area contributed by atoms with Gasteiger partial charge in [0.2, 0.25) is 5.69 Å². The van der Waals surface area contributed by atoms with E-state index in [1.165, 1.54) is 31.4 Å². The molecule has 0 aliphatic rings. The summed E-state index contributed by atoms with van der Waals surface area (Å²) in [6.45, 7) is -0.117. The maximum Gasteiger partial charge on any atom is 0.416 e. The summed E-state index contributed by atoms with van der Waals surface area (Å²) in [5.41, 5.74) is -4.39. The van der Waals surface area contributed by atoms with E-state index < -0.39 is 47.0 Å². The van der Waals surface area contributed by atoms with E-state index in [1.54, 1.807) is 0 Å². The first-order chi connectivity index (χ1) is 16.1. The molecule has 0 aliphatic heterocycles. The zero-order valence-corrected chi connectivity index (χ0v) is 17.9. The quantitative estimate of drug-likeness (QED) is 0.395. The minimum absolute atomic E-state index is 0.0325. The predicted octanol–water partition coefficient (Wildman–Crippen LogP) is 2.37. The Hall–Kier alpha value is -3.80. The highest BCUT2D eigenvalue weighted by Gasteiger charge is 2.31. The van der Waals surface area contributed by atoms with E-state index in [4.69, 9.17) is 4.74 Å². The average molecular weight is 480 g/mol. The molecule has 12 heteroatoms. The van der Waals surface area contributed by atoms with Crippen molar-refractivity contribution in [2.75, 3.05) is 20.3 Å². The van der Waals surface area contributed by atoms with E-state index in [0.29, 0.717) is 28.3 Å². The van der Waals surface area contributed by atoms with Gasteiger partial charge in [-0.3, -0.25) is 14.2 Å². The molecule has 0 atom stereocenters. The van der Waals surface area contributed by atoms with E-state index in [-0.39, 0.29) is 17.8 Å². The number of carbonyl (C=O) groups excluding carboxylic acids is 1. The summed E-state index contributed by atoms with van der Waals surface area (Å²) < 4.78 is 59.7. The van der Waals surface area contributed by atoms with Crippen LogP contribution in [0.25, 0.3) is 5.69 Å². The van der Waals surface area contributed by atoms with Crippen molar-refractivity contribution in [1.29, 1.82) is 0 Å². The van der Waals surface area contributed by atoms with Crippen molar-refractivity contribution >= 4 is 5.91 Å². The van der Waals surface area contributed by atoms with Gasteiger partial charge in [-0.15, -0.1) is 0 Å². The van der Waals surface area contributed by atoms with Crippen molar-refractivity contribution < 1.29 is 27.1 Å². The van der Waals surface area contributed by atoms with Crippen LogP contribution in [-0.4, -0.2) is 40.5 Å². The number of rotatable bonds is 8. The molecule has 3 aromatic rings. The Morgan fingerprint density at radius 2 is 1.85 bits per heavy atom. The highest BCUT2D eigenvalue weighted by molar-refractivity contribution is 5.91. The van der Waals surface area contributed by atoms with E-state index >= 15 is 0 Å². The van der Waals surface area contributed by atoms with Gasteiger partial charge in [0.05, 0.1) is 17.8 Å². The number of benzene rings is 2. The predicted molar refractivity (Wildman–Crippen MR) is 113 cm³/mol. The number of nitrogens with zero attached hydrogens (tertiary/aromatic N) is 3. The molecule has 0 unspecified atom stereocenters. The molecule has 0 spiro atoms. The molecule has 0 aliphatic carbocycles. The number of alkyl halides is 3. The number of nitrogens with one attached hydrogen (secondary N) is 1. The van der Waals surface area contributed by atoms with Crippen LogP contribution >= 0.6 is 0 Å². The summed E-state index contributed by atoms with van der Waals surface area (Å²) in [7, 11) is 1.47. The zero-order chi connectivity index (χ0) is 24.9. The van der Waals surface area contributed by atoms with Crippen molar-refractivity contribution in [2.24, 2.45) is 0 Å². The SMILES string of the molecule is COCCCNC(=O)c1nn(-c2cccc(C(F)(F)F)c2)c(=O)n(Cc2ccccc2F)c1=O. The molecule has 0 bridgehead atoms. The van der Waals surface area contributed by atoms with Gasteiger partial charge in [0.25, 0.3) is 11.5 Å². The van der Waals surface area contributed by atoms with Gasteiger partial charge in [0.1, 0.15) is 5.82 Å². The number of aromatic nitrogens is 3. The normalized spacial score (nSPS) is 11.4. The van der Waals surface area contributed by atoms with Gasteiger partial charge in [-0.1, -0.05) is 24.3 Å².